The third-order valence-electron chi connectivity index (χ3n) is 2.13. The second-order valence-electron chi connectivity index (χ2n) is 3.75. The number of anilines is 1. The standard InChI is InChI=1S/C10H15N3O4S/c1-18(16,17)12-8-2-7-11-9-3-5-10(6-4-9)13(14)15/h3-6,11-12H,2,7-8H2,1H3. The normalized spacial score (nSPS) is 11.2. The third kappa shape index (κ3) is 5.60. The van der Waals surface area contributed by atoms with E-state index >= 15 is 0 Å². The number of nitro benzene ring substituents is 1. The van der Waals surface area contributed by atoms with Crippen molar-refractivity contribution in [3.8, 4) is 0 Å². The Morgan fingerprint density at radius 3 is 2.33 bits per heavy atom. The van der Waals surface area contributed by atoms with E-state index in [-0.39, 0.29) is 5.69 Å². The van der Waals surface area contributed by atoms with Crippen LogP contribution in [0.4, 0.5) is 11.4 Å². The van der Waals surface area contributed by atoms with Crippen LogP contribution in [0.1, 0.15) is 6.42 Å². The zero-order chi connectivity index (χ0) is 13.6. The van der Waals surface area contributed by atoms with Crippen molar-refractivity contribution in [1.29, 1.82) is 0 Å². The number of nitro groups is 1. The Morgan fingerprint density at radius 1 is 1.22 bits per heavy atom. The van der Waals surface area contributed by atoms with Crippen LogP contribution in [0.2, 0.25) is 0 Å². The van der Waals surface area contributed by atoms with E-state index in [1.54, 1.807) is 12.1 Å². The van der Waals surface area contributed by atoms with Crippen LogP contribution in [0.15, 0.2) is 24.3 Å². The summed E-state index contributed by atoms with van der Waals surface area (Å²) in [6.07, 6.45) is 1.74. The smallest absolute Gasteiger partial charge is 0.269 e. The van der Waals surface area contributed by atoms with Crippen molar-refractivity contribution >= 4 is 21.4 Å². The van der Waals surface area contributed by atoms with Crippen molar-refractivity contribution in [3.05, 3.63) is 34.4 Å². The maximum Gasteiger partial charge on any atom is 0.269 e. The van der Waals surface area contributed by atoms with E-state index < -0.39 is 14.9 Å². The lowest BCUT2D eigenvalue weighted by atomic mass is 10.3. The van der Waals surface area contributed by atoms with E-state index in [9.17, 15) is 18.5 Å². The van der Waals surface area contributed by atoms with Gasteiger partial charge in [0.15, 0.2) is 0 Å². The summed E-state index contributed by atoms with van der Waals surface area (Å²) in [6.45, 7) is 0.944. The number of hydrogen-bond acceptors (Lipinski definition) is 5. The second kappa shape index (κ2) is 6.31. The molecule has 1 aromatic carbocycles. The Bertz CT molecular complexity index is 498. The van der Waals surface area contributed by atoms with Crippen molar-refractivity contribution < 1.29 is 13.3 Å². The summed E-state index contributed by atoms with van der Waals surface area (Å²) in [4.78, 5) is 9.97. The minimum atomic E-state index is -3.14. The van der Waals surface area contributed by atoms with Crippen LogP contribution in [0, 0.1) is 10.1 Å². The van der Waals surface area contributed by atoms with Gasteiger partial charge in [-0.25, -0.2) is 13.1 Å². The molecule has 0 radical (unpaired) electrons. The number of benzene rings is 1. The van der Waals surface area contributed by atoms with E-state index in [1.807, 2.05) is 0 Å². The first-order valence-electron chi connectivity index (χ1n) is 5.31. The van der Waals surface area contributed by atoms with Crippen molar-refractivity contribution in [2.45, 2.75) is 6.42 Å². The summed E-state index contributed by atoms with van der Waals surface area (Å²) >= 11 is 0. The van der Waals surface area contributed by atoms with Gasteiger partial charge >= 0.3 is 0 Å². The highest BCUT2D eigenvalue weighted by molar-refractivity contribution is 7.88. The Hall–Kier alpha value is -1.67. The molecule has 0 fully saturated rings. The zero-order valence-corrected chi connectivity index (χ0v) is 10.7. The number of sulfonamides is 1. The molecule has 18 heavy (non-hydrogen) atoms. The van der Waals surface area contributed by atoms with E-state index in [0.29, 0.717) is 19.5 Å². The van der Waals surface area contributed by atoms with Gasteiger partial charge in [0.05, 0.1) is 11.2 Å². The highest BCUT2D eigenvalue weighted by Crippen LogP contribution is 2.14. The molecule has 0 atom stereocenters. The van der Waals surface area contributed by atoms with E-state index in [4.69, 9.17) is 0 Å². The minimum Gasteiger partial charge on any atom is -0.385 e. The summed E-state index contributed by atoms with van der Waals surface area (Å²) in [5.41, 5.74) is 0.805. The van der Waals surface area contributed by atoms with Crippen LogP contribution in [0.25, 0.3) is 0 Å². The summed E-state index contributed by atoms with van der Waals surface area (Å²) in [6, 6.07) is 6.05. The fraction of sp³-hybridized carbons (Fsp3) is 0.400. The molecular formula is C10H15N3O4S. The van der Waals surface area contributed by atoms with Gasteiger partial charge in [0.2, 0.25) is 10.0 Å². The second-order valence-corrected chi connectivity index (χ2v) is 5.58. The van der Waals surface area contributed by atoms with Gasteiger partial charge in [-0.2, -0.15) is 0 Å². The number of nitrogens with one attached hydrogen (secondary N) is 2. The molecule has 0 saturated heterocycles. The largest absolute Gasteiger partial charge is 0.385 e. The first kappa shape index (κ1) is 14.4. The summed E-state index contributed by atoms with van der Waals surface area (Å²) < 4.78 is 23.9. The lowest BCUT2D eigenvalue weighted by Gasteiger charge is -2.06. The Balaban J connectivity index is 2.29. The maximum atomic E-state index is 10.8. The molecule has 0 spiro atoms. The molecule has 0 aliphatic heterocycles. The van der Waals surface area contributed by atoms with Crippen molar-refractivity contribution in [1.82, 2.24) is 4.72 Å². The van der Waals surface area contributed by atoms with Crippen molar-refractivity contribution in [3.63, 3.8) is 0 Å². The first-order valence-corrected chi connectivity index (χ1v) is 7.20. The van der Waals surface area contributed by atoms with Crippen LogP contribution in [-0.4, -0.2) is 32.7 Å². The highest BCUT2D eigenvalue weighted by atomic mass is 32.2. The minimum absolute atomic E-state index is 0.0410. The van der Waals surface area contributed by atoms with Gasteiger partial charge in [-0.1, -0.05) is 0 Å². The molecule has 2 N–H and O–H groups in total. The van der Waals surface area contributed by atoms with Crippen molar-refractivity contribution in [2.75, 3.05) is 24.7 Å². The molecule has 0 unspecified atom stereocenters. The van der Waals surface area contributed by atoms with Crippen LogP contribution in [0.3, 0.4) is 0 Å². The molecule has 7 nitrogen and oxygen atoms in total. The molecule has 0 aliphatic rings. The summed E-state index contributed by atoms with van der Waals surface area (Å²) in [7, 11) is -3.14. The van der Waals surface area contributed by atoms with Crippen molar-refractivity contribution in [2.24, 2.45) is 0 Å². The highest BCUT2D eigenvalue weighted by Gasteiger charge is 2.03. The fourth-order valence-electron chi connectivity index (χ4n) is 1.28. The van der Waals surface area contributed by atoms with Gasteiger partial charge in [0.25, 0.3) is 5.69 Å². The number of rotatable bonds is 7. The molecule has 100 valence electrons. The van der Waals surface area contributed by atoms with Gasteiger partial charge in [0, 0.05) is 30.9 Å². The van der Waals surface area contributed by atoms with Gasteiger partial charge in [-0.15, -0.1) is 0 Å². The molecule has 0 saturated carbocycles. The number of nitrogens with zero attached hydrogens (tertiary/aromatic N) is 1. The monoisotopic (exact) mass is 273 g/mol. The Labute approximate surface area is 105 Å². The average molecular weight is 273 g/mol. The van der Waals surface area contributed by atoms with Crippen LogP contribution < -0.4 is 10.0 Å². The molecule has 8 heteroatoms. The van der Waals surface area contributed by atoms with Gasteiger partial charge in [0.1, 0.15) is 0 Å². The van der Waals surface area contributed by atoms with Gasteiger partial charge in [-0.3, -0.25) is 10.1 Å². The molecule has 0 aromatic heterocycles. The summed E-state index contributed by atoms with van der Waals surface area (Å²) in [5, 5.41) is 13.5. The Kier molecular flexibility index (Phi) is 5.05. The van der Waals surface area contributed by atoms with Gasteiger partial charge < -0.3 is 5.32 Å². The molecule has 0 amide bonds. The third-order valence-corrected chi connectivity index (χ3v) is 2.85. The SMILES string of the molecule is CS(=O)(=O)NCCCNc1ccc([N+](=O)[O-])cc1. The fourth-order valence-corrected chi connectivity index (χ4v) is 1.79. The lowest BCUT2D eigenvalue weighted by Crippen LogP contribution is -2.24. The van der Waals surface area contributed by atoms with Crippen LogP contribution in [-0.2, 0) is 10.0 Å². The molecule has 0 heterocycles. The molecule has 0 bridgehead atoms. The zero-order valence-electron chi connectivity index (χ0n) is 9.92. The van der Waals surface area contributed by atoms with E-state index in [2.05, 4.69) is 10.0 Å². The average Bonchev–Trinajstić information content (AvgIpc) is 2.27. The summed E-state index contributed by atoms with van der Waals surface area (Å²) in [5.74, 6) is 0. The number of non-ortho nitro benzene ring substituents is 1. The number of hydrogen-bond donors (Lipinski definition) is 2. The maximum absolute atomic E-state index is 10.8. The lowest BCUT2D eigenvalue weighted by molar-refractivity contribution is -0.384. The Morgan fingerprint density at radius 2 is 1.83 bits per heavy atom. The first-order chi connectivity index (χ1) is 8.38. The van der Waals surface area contributed by atoms with E-state index in [1.165, 1.54) is 12.1 Å². The van der Waals surface area contributed by atoms with E-state index in [0.717, 1.165) is 11.9 Å². The van der Waals surface area contributed by atoms with Crippen LogP contribution >= 0.6 is 0 Å². The molecular weight excluding hydrogens is 258 g/mol. The predicted octanol–water partition coefficient (Wildman–Crippen LogP) is 0.946. The topological polar surface area (TPSA) is 101 Å². The predicted molar refractivity (Wildman–Crippen MR) is 69.0 cm³/mol. The molecule has 0 aliphatic carbocycles. The molecule has 1 aromatic rings. The molecule has 1 rings (SSSR count). The van der Waals surface area contributed by atoms with Gasteiger partial charge in [-0.05, 0) is 18.6 Å². The quantitative estimate of drug-likeness (QED) is 0.437. The van der Waals surface area contributed by atoms with Crippen LogP contribution in [0.5, 0.6) is 0 Å².